The topological polar surface area (TPSA) is 26.3 Å². The molecule has 0 saturated heterocycles. The fourth-order valence-corrected chi connectivity index (χ4v) is 2.04. The summed E-state index contributed by atoms with van der Waals surface area (Å²) in [7, 11) is 0. The van der Waals surface area contributed by atoms with Crippen molar-refractivity contribution >= 4 is 33.3 Å². The van der Waals surface area contributed by atoms with Gasteiger partial charge in [-0.3, -0.25) is 4.79 Å². The van der Waals surface area contributed by atoms with E-state index in [0.717, 1.165) is 12.1 Å². The van der Waals surface area contributed by atoms with Gasteiger partial charge in [0.15, 0.2) is 5.78 Å². The van der Waals surface area contributed by atoms with E-state index in [1.165, 1.54) is 13.0 Å². The van der Waals surface area contributed by atoms with Crippen molar-refractivity contribution in [3.63, 3.8) is 0 Å². The minimum atomic E-state index is -4.75. The van der Waals surface area contributed by atoms with Crippen LogP contribution in [0.1, 0.15) is 17.9 Å². The van der Waals surface area contributed by atoms with Crippen molar-refractivity contribution in [1.82, 2.24) is 0 Å². The highest BCUT2D eigenvalue weighted by molar-refractivity contribution is 9.10. The first-order chi connectivity index (χ1) is 7.70. The SMILES string of the molecule is CC(=O)C(Cl)c1ccc(OC(F)(F)F)cc1Br. The lowest BCUT2D eigenvalue weighted by Gasteiger charge is -2.12. The number of ketones is 1. The normalized spacial score (nSPS) is 13.3. The highest BCUT2D eigenvalue weighted by Crippen LogP contribution is 2.33. The Labute approximate surface area is 109 Å². The Morgan fingerprint density at radius 1 is 1.47 bits per heavy atom. The smallest absolute Gasteiger partial charge is 0.406 e. The maximum absolute atomic E-state index is 11.9. The number of carbonyl (C=O) groups excluding carboxylic acids is 1. The third kappa shape index (κ3) is 4.20. The molecule has 0 bridgehead atoms. The van der Waals surface area contributed by atoms with Gasteiger partial charge in [0.05, 0.1) is 0 Å². The van der Waals surface area contributed by atoms with Gasteiger partial charge in [0, 0.05) is 4.47 Å². The van der Waals surface area contributed by atoms with Crippen LogP contribution in [0.2, 0.25) is 0 Å². The zero-order valence-corrected chi connectivity index (χ0v) is 10.9. The maximum Gasteiger partial charge on any atom is 0.573 e. The maximum atomic E-state index is 11.9. The van der Waals surface area contributed by atoms with Gasteiger partial charge in [0.25, 0.3) is 0 Å². The minimum absolute atomic E-state index is 0.287. The quantitative estimate of drug-likeness (QED) is 0.775. The van der Waals surface area contributed by atoms with Gasteiger partial charge in [-0.1, -0.05) is 22.0 Å². The highest BCUT2D eigenvalue weighted by Gasteiger charge is 2.31. The van der Waals surface area contributed by atoms with Crippen molar-refractivity contribution in [1.29, 1.82) is 0 Å². The summed E-state index contributed by atoms with van der Waals surface area (Å²) < 4.78 is 39.8. The van der Waals surface area contributed by atoms with E-state index in [-0.39, 0.29) is 16.0 Å². The third-order valence-electron chi connectivity index (χ3n) is 1.84. The van der Waals surface area contributed by atoms with Crippen LogP contribution in [0.15, 0.2) is 22.7 Å². The molecule has 94 valence electrons. The van der Waals surface area contributed by atoms with Gasteiger partial charge in [-0.15, -0.1) is 24.8 Å². The van der Waals surface area contributed by atoms with Crippen molar-refractivity contribution in [2.45, 2.75) is 18.7 Å². The predicted octanol–water partition coefficient (Wildman–Crippen LogP) is 4.22. The van der Waals surface area contributed by atoms with E-state index in [2.05, 4.69) is 20.7 Å². The fourth-order valence-electron chi connectivity index (χ4n) is 1.13. The lowest BCUT2D eigenvalue weighted by atomic mass is 10.1. The number of halogens is 5. The highest BCUT2D eigenvalue weighted by atomic mass is 79.9. The first kappa shape index (κ1) is 14.3. The molecule has 0 spiro atoms. The standard InChI is InChI=1S/C10H7BrClF3O2/c1-5(16)9(12)7-3-2-6(4-8(7)11)17-10(13,14)15/h2-4,9H,1H3. The number of rotatable bonds is 3. The molecule has 1 aromatic rings. The molecule has 0 N–H and O–H groups in total. The molecule has 0 fully saturated rings. The van der Waals surface area contributed by atoms with Crippen molar-refractivity contribution in [2.24, 2.45) is 0 Å². The van der Waals surface area contributed by atoms with E-state index >= 15 is 0 Å². The summed E-state index contributed by atoms with van der Waals surface area (Å²) in [4.78, 5) is 11.0. The Morgan fingerprint density at radius 3 is 2.47 bits per heavy atom. The summed E-state index contributed by atoms with van der Waals surface area (Å²) in [5, 5.41) is -0.899. The van der Waals surface area contributed by atoms with Crippen molar-refractivity contribution in [3.8, 4) is 5.75 Å². The van der Waals surface area contributed by atoms with Crippen molar-refractivity contribution < 1.29 is 22.7 Å². The van der Waals surface area contributed by atoms with E-state index in [0.29, 0.717) is 5.56 Å². The molecule has 0 aliphatic carbocycles. The Morgan fingerprint density at radius 2 is 2.06 bits per heavy atom. The number of ether oxygens (including phenoxy) is 1. The molecular formula is C10H7BrClF3O2. The molecule has 0 radical (unpaired) electrons. The number of benzene rings is 1. The molecule has 7 heteroatoms. The summed E-state index contributed by atoms with van der Waals surface area (Å²) in [5.41, 5.74) is 0.397. The molecule has 1 aromatic carbocycles. The molecule has 0 heterocycles. The van der Waals surface area contributed by atoms with Gasteiger partial charge in [0.1, 0.15) is 11.1 Å². The number of hydrogen-bond acceptors (Lipinski definition) is 2. The minimum Gasteiger partial charge on any atom is -0.406 e. The number of carbonyl (C=O) groups is 1. The summed E-state index contributed by atoms with van der Waals surface area (Å²) in [5.74, 6) is -0.669. The average Bonchev–Trinajstić information content (AvgIpc) is 2.14. The molecule has 0 amide bonds. The van der Waals surface area contributed by atoms with Crippen LogP contribution in [0.4, 0.5) is 13.2 Å². The van der Waals surface area contributed by atoms with Crippen LogP contribution in [0, 0.1) is 0 Å². The molecular weight excluding hydrogens is 324 g/mol. The summed E-state index contributed by atoms with van der Waals surface area (Å²) >= 11 is 8.83. The lowest BCUT2D eigenvalue weighted by molar-refractivity contribution is -0.274. The lowest BCUT2D eigenvalue weighted by Crippen LogP contribution is -2.17. The molecule has 1 unspecified atom stereocenters. The summed E-state index contributed by atoms with van der Waals surface area (Å²) in [6, 6.07) is 3.53. The van der Waals surface area contributed by atoms with Gasteiger partial charge < -0.3 is 4.74 Å². The van der Waals surface area contributed by atoms with Gasteiger partial charge in [0.2, 0.25) is 0 Å². The Balaban J connectivity index is 2.98. The van der Waals surface area contributed by atoms with E-state index in [4.69, 9.17) is 11.6 Å². The number of alkyl halides is 4. The molecule has 0 aliphatic rings. The van der Waals surface area contributed by atoms with E-state index < -0.39 is 11.7 Å². The van der Waals surface area contributed by atoms with Crippen LogP contribution in [0.5, 0.6) is 5.75 Å². The Kier molecular flexibility index (Phi) is 4.43. The molecule has 17 heavy (non-hydrogen) atoms. The molecule has 2 nitrogen and oxygen atoms in total. The van der Waals surface area contributed by atoms with Crippen LogP contribution in [0.25, 0.3) is 0 Å². The average molecular weight is 332 g/mol. The van der Waals surface area contributed by atoms with Crippen LogP contribution in [-0.2, 0) is 4.79 Å². The molecule has 0 aromatic heterocycles. The molecule has 1 atom stereocenters. The Hall–Kier alpha value is -0.750. The third-order valence-corrected chi connectivity index (χ3v) is 3.06. The van der Waals surface area contributed by atoms with E-state index in [1.807, 2.05) is 0 Å². The zero-order valence-electron chi connectivity index (χ0n) is 8.52. The molecule has 0 aliphatic heterocycles. The van der Waals surface area contributed by atoms with Crippen LogP contribution >= 0.6 is 27.5 Å². The second-order valence-electron chi connectivity index (χ2n) is 3.20. The summed E-state index contributed by atoms with van der Waals surface area (Å²) in [6.07, 6.45) is -4.75. The monoisotopic (exact) mass is 330 g/mol. The van der Waals surface area contributed by atoms with E-state index in [1.54, 1.807) is 0 Å². The van der Waals surface area contributed by atoms with Crippen molar-refractivity contribution in [2.75, 3.05) is 0 Å². The zero-order chi connectivity index (χ0) is 13.2. The van der Waals surface area contributed by atoms with Gasteiger partial charge in [-0.05, 0) is 24.6 Å². The first-order valence-electron chi connectivity index (χ1n) is 4.40. The van der Waals surface area contributed by atoms with Gasteiger partial charge in [-0.2, -0.15) is 0 Å². The fraction of sp³-hybridized carbons (Fsp3) is 0.300. The summed E-state index contributed by atoms with van der Waals surface area (Å²) in [6.45, 7) is 1.30. The van der Waals surface area contributed by atoms with E-state index in [9.17, 15) is 18.0 Å². The predicted molar refractivity (Wildman–Crippen MR) is 60.1 cm³/mol. The van der Waals surface area contributed by atoms with Crippen LogP contribution < -0.4 is 4.74 Å². The number of Topliss-reactive ketones (excluding diaryl/α,β-unsaturated/α-hetero) is 1. The van der Waals surface area contributed by atoms with Gasteiger partial charge in [-0.25, -0.2) is 0 Å². The second kappa shape index (κ2) is 5.27. The largest absolute Gasteiger partial charge is 0.573 e. The number of hydrogen-bond donors (Lipinski definition) is 0. The van der Waals surface area contributed by atoms with Gasteiger partial charge >= 0.3 is 6.36 Å². The molecule has 0 saturated carbocycles. The molecule has 1 rings (SSSR count). The Bertz CT molecular complexity index is 434. The van der Waals surface area contributed by atoms with Crippen LogP contribution in [-0.4, -0.2) is 12.1 Å². The van der Waals surface area contributed by atoms with Crippen LogP contribution in [0.3, 0.4) is 0 Å². The second-order valence-corrected chi connectivity index (χ2v) is 4.50. The van der Waals surface area contributed by atoms with Crippen molar-refractivity contribution in [3.05, 3.63) is 28.2 Å². The first-order valence-corrected chi connectivity index (χ1v) is 5.63.